The van der Waals surface area contributed by atoms with Crippen molar-refractivity contribution < 1.29 is 33.0 Å². The van der Waals surface area contributed by atoms with Crippen LogP contribution >= 0.6 is 0 Å². The first-order valence-corrected chi connectivity index (χ1v) is 6.07. The second-order valence-electron chi connectivity index (χ2n) is 3.71. The Balaban J connectivity index is 2.41. The van der Waals surface area contributed by atoms with E-state index in [0.29, 0.717) is 0 Å². The van der Waals surface area contributed by atoms with E-state index in [1.165, 1.54) is 7.11 Å². The van der Waals surface area contributed by atoms with Crippen molar-refractivity contribution in [2.24, 2.45) is 0 Å². The number of ketones is 1. The zero-order chi connectivity index (χ0) is 15.7. The van der Waals surface area contributed by atoms with Crippen LogP contribution in [-0.2, 0) is 30.4 Å². The summed E-state index contributed by atoms with van der Waals surface area (Å²) in [7, 11) is 1.47. The molecule has 21 heavy (non-hydrogen) atoms. The molecule has 1 heterocycles. The molecule has 1 N–H and O–H groups in total. The number of rotatable bonds is 9. The van der Waals surface area contributed by atoms with Crippen molar-refractivity contribution in [1.29, 1.82) is 0 Å². The molecular formula is C12H16N2O7. The van der Waals surface area contributed by atoms with Gasteiger partial charge in [-0.05, 0) is 6.92 Å². The van der Waals surface area contributed by atoms with Gasteiger partial charge in [-0.1, -0.05) is 0 Å². The third-order valence-electron chi connectivity index (χ3n) is 2.12. The lowest BCUT2D eigenvalue weighted by molar-refractivity contribution is -0.153. The number of hydrogen-bond donors (Lipinski definition) is 1. The van der Waals surface area contributed by atoms with Crippen LogP contribution in [0.2, 0.25) is 0 Å². The van der Waals surface area contributed by atoms with Crippen molar-refractivity contribution in [3.05, 3.63) is 17.8 Å². The number of hydrogen-bond acceptors (Lipinski definition) is 8. The van der Waals surface area contributed by atoms with E-state index in [-0.39, 0.29) is 31.6 Å². The normalized spacial score (nSPS) is 10.2. The summed E-state index contributed by atoms with van der Waals surface area (Å²) >= 11 is 0. The predicted octanol–water partition coefficient (Wildman–Crippen LogP) is -0.343. The highest BCUT2D eigenvalue weighted by molar-refractivity contribution is 6.34. The van der Waals surface area contributed by atoms with E-state index in [9.17, 15) is 14.4 Å². The van der Waals surface area contributed by atoms with Crippen LogP contribution in [0.4, 0.5) is 0 Å². The molecule has 0 saturated carbocycles. The fourth-order valence-electron chi connectivity index (χ4n) is 1.23. The van der Waals surface area contributed by atoms with Crippen LogP contribution in [0.1, 0.15) is 23.3 Å². The molecule has 0 saturated heterocycles. The van der Waals surface area contributed by atoms with Crippen LogP contribution in [0, 0.1) is 0 Å². The number of nitrogens with one attached hydrogen (secondary N) is 1. The van der Waals surface area contributed by atoms with E-state index in [2.05, 4.69) is 19.8 Å². The fraction of sp³-hybridized carbons (Fsp3) is 0.500. The maximum absolute atomic E-state index is 11.7. The van der Waals surface area contributed by atoms with Gasteiger partial charge in [0.2, 0.25) is 5.89 Å². The number of nitrogens with zero attached hydrogens (tertiary/aromatic N) is 1. The maximum atomic E-state index is 11.7. The molecule has 1 aromatic rings. The summed E-state index contributed by atoms with van der Waals surface area (Å²) in [6.45, 7) is 1.31. The Bertz CT molecular complexity index is 498. The van der Waals surface area contributed by atoms with Gasteiger partial charge in [-0.2, -0.15) is 0 Å². The summed E-state index contributed by atoms with van der Waals surface area (Å²) in [5.41, 5.74) is -0.0253. The number of Topliss-reactive ketones (excluding diaryl/α,β-unsaturated/α-hetero) is 1. The number of aromatic nitrogens is 1. The molecule has 116 valence electrons. The number of carbonyl (C=O) groups is 3. The summed E-state index contributed by atoms with van der Waals surface area (Å²) in [5, 5.41) is 2.24. The number of oxazole rings is 1. The van der Waals surface area contributed by atoms with Gasteiger partial charge in [-0.3, -0.25) is 9.59 Å². The zero-order valence-electron chi connectivity index (χ0n) is 11.7. The Labute approximate surface area is 120 Å². The number of methoxy groups -OCH3 is 1. The van der Waals surface area contributed by atoms with Gasteiger partial charge < -0.3 is 23.9 Å². The van der Waals surface area contributed by atoms with Crippen molar-refractivity contribution in [1.82, 2.24) is 10.3 Å². The van der Waals surface area contributed by atoms with E-state index >= 15 is 0 Å². The van der Waals surface area contributed by atoms with Crippen LogP contribution in [0.5, 0.6) is 0 Å². The molecule has 0 radical (unpaired) electrons. The summed E-state index contributed by atoms with van der Waals surface area (Å²) in [5.74, 6) is -2.30. The molecular weight excluding hydrogens is 284 g/mol. The highest BCUT2D eigenvalue weighted by Gasteiger charge is 2.18. The smallest absolute Gasteiger partial charge is 0.376 e. The monoisotopic (exact) mass is 300 g/mol. The van der Waals surface area contributed by atoms with Crippen molar-refractivity contribution in [3.8, 4) is 0 Å². The highest BCUT2D eigenvalue weighted by Crippen LogP contribution is 2.03. The highest BCUT2D eigenvalue weighted by atomic mass is 16.7. The van der Waals surface area contributed by atoms with Gasteiger partial charge in [-0.25, -0.2) is 9.78 Å². The minimum Gasteiger partial charge on any atom is -0.460 e. The van der Waals surface area contributed by atoms with Crippen LogP contribution in [0.3, 0.4) is 0 Å². The van der Waals surface area contributed by atoms with E-state index in [1.807, 2.05) is 0 Å². The summed E-state index contributed by atoms with van der Waals surface area (Å²) in [6, 6.07) is 0. The van der Waals surface area contributed by atoms with E-state index in [0.717, 1.165) is 6.26 Å². The van der Waals surface area contributed by atoms with Crippen molar-refractivity contribution in [2.45, 2.75) is 13.5 Å². The van der Waals surface area contributed by atoms with Gasteiger partial charge in [0.05, 0.1) is 13.2 Å². The van der Waals surface area contributed by atoms with Gasteiger partial charge in [0.1, 0.15) is 19.7 Å². The molecule has 0 aliphatic carbocycles. The van der Waals surface area contributed by atoms with Crippen LogP contribution in [0.15, 0.2) is 10.7 Å². The topological polar surface area (TPSA) is 117 Å². The Morgan fingerprint density at radius 1 is 1.38 bits per heavy atom. The third-order valence-corrected chi connectivity index (χ3v) is 2.12. The standard InChI is InChI=1S/C12H16N2O7/c1-3-20-12(17)9(15)4-13-11(16)8-5-21-10(14-8)6-19-7-18-2/h5H,3-4,6-7H2,1-2H3,(H,13,16). The van der Waals surface area contributed by atoms with Crippen LogP contribution in [-0.4, -0.2) is 49.7 Å². The minimum absolute atomic E-state index is 0.0253. The minimum atomic E-state index is -0.994. The molecule has 0 unspecified atom stereocenters. The largest absolute Gasteiger partial charge is 0.460 e. The first-order chi connectivity index (χ1) is 10.1. The van der Waals surface area contributed by atoms with E-state index in [4.69, 9.17) is 9.15 Å². The molecule has 0 atom stereocenters. The summed E-state index contributed by atoms with van der Waals surface area (Å²) < 4.78 is 19.2. The van der Waals surface area contributed by atoms with Crippen molar-refractivity contribution >= 4 is 17.7 Å². The first kappa shape index (κ1) is 16.8. The third kappa shape index (κ3) is 5.71. The fourth-order valence-corrected chi connectivity index (χ4v) is 1.23. The molecule has 0 fully saturated rings. The molecule has 1 rings (SSSR count). The second kappa shape index (κ2) is 8.82. The molecule has 0 spiro atoms. The zero-order valence-corrected chi connectivity index (χ0v) is 11.7. The Morgan fingerprint density at radius 3 is 2.81 bits per heavy atom. The SMILES string of the molecule is CCOC(=O)C(=O)CNC(=O)c1coc(COCOC)n1. The van der Waals surface area contributed by atoms with E-state index < -0.39 is 24.2 Å². The molecule has 9 heteroatoms. The number of amides is 1. The van der Waals surface area contributed by atoms with Gasteiger partial charge in [0.15, 0.2) is 5.69 Å². The first-order valence-electron chi connectivity index (χ1n) is 6.07. The Hall–Kier alpha value is -2.26. The van der Waals surface area contributed by atoms with Crippen LogP contribution < -0.4 is 5.32 Å². The van der Waals surface area contributed by atoms with Gasteiger partial charge in [-0.15, -0.1) is 0 Å². The lowest BCUT2D eigenvalue weighted by atomic mass is 10.3. The second-order valence-corrected chi connectivity index (χ2v) is 3.71. The van der Waals surface area contributed by atoms with E-state index in [1.54, 1.807) is 6.92 Å². The molecule has 1 aromatic heterocycles. The summed E-state index contributed by atoms with van der Waals surface area (Å²) in [4.78, 5) is 37.9. The lowest BCUT2D eigenvalue weighted by Gasteiger charge is -2.02. The van der Waals surface area contributed by atoms with Crippen LogP contribution in [0.25, 0.3) is 0 Å². The molecule has 1 amide bonds. The van der Waals surface area contributed by atoms with Gasteiger partial charge >= 0.3 is 5.97 Å². The van der Waals surface area contributed by atoms with Gasteiger partial charge in [0.25, 0.3) is 11.7 Å². The Kier molecular flexibility index (Phi) is 7.05. The molecule has 0 bridgehead atoms. The molecule has 9 nitrogen and oxygen atoms in total. The average Bonchev–Trinajstić information content (AvgIpc) is 2.94. The van der Waals surface area contributed by atoms with Crippen molar-refractivity contribution in [3.63, 3.8) is 0 Å². The Morgan fingerprint density at radius 2 is 2.14 bits per heavy atom. The summed E-state index contributed by atoms with van der Waals surface area (Å²) in [6.07, 6.45) is 1.12. The number of carbonyl (C=O) groups excluding carboxylic acids is 3. The quantitative estimate of drug-likeness (QED) is 0.285. The van der Waals surface area contributed by atoms with Gasteiger partial charge in [0, 0.05) is 7.11 Å². The number of ether oxygens (including phenoxy) is 3. The average molecular weight is 300 g/mol. The van der Waals surface area contributed by atoms with Crippen molar-refractivity contribution in [2.75, 3.05) is 27.1 Å². The predicted molar refractivity (Wildman–Crippen MR) is 67.1 cm³/mol. The lowest BCUT2D eigenvalue weighted by Crippen LogP contribution is -2.34. The molecule has 0 aliphatic heterocycles. The maximum Gasteiger partial charge on any atom is 0.376 e. The molecule has 0 aliphatic rings. The molecule has 0 aromatic carbocycles. The number of esters is 1.